The quantitative estimate of drug-likeness (QED) is 0.766. The number of anilines is 1. The van der Waals surface area contributed by atoms with Gasteiger partial charge in [-0.05, 0) is 31.0 Å². The molecule has 0 radical (unpaired) electrons. The number of sulfonamides is 1. The van der Waals surface area contributed by atoms with Crippen molar-refractivity contribution in [1.82, 2.24) is 4.31 Å². The van der Waals surface area contributed by atoms with Crippen LogP contribution in [0, 0.1) is 12.8 Å². The lowest BCUT2D eigenvalue weighted by Crippen LogP contribution is -2.31. The number of hydrogen-bond donors (Lipinski definition) is 2. The highest BCUT2D eigenvalue weighted by Gasteiger charge is 2.34. The van der Waals surface area contributed by atoms with Gasteiger partial charge < -0.3 is 11.5 Å². The molecule has 0 aliphatic carbocycles. The van der Waals surface area contributed by atoms with Crippen LogP contribution in [0.3, 0.4) is 0 Å². The Morgan fingerprint density at radius 2 is 2.11 bits per heavy atom. The molecule has 0 bridgehead atoms. The summed E-state index contributed by atoms with van der Waals surface area (Å²) in [7, 11) is -3.60. The second-order valence-corrected chi connectivity index (χ2v) is 6.71. The molecule has 1 aliphatic heterocycles. The Kier molecular flexibility index (Phi) is 3.51. The monoisotopic (exact) mass is 283 g/mol. The van der Waals surface area contributed by atoms with Crippen molar-refractivity contribution in [3.63, 3.8) is 0 Å². The van der Waals surface area contributed by atoms with Crippen molar-refractivity contribution in [3.05, 3.63) is 23.8 Å². The second kappa shape index (κ2) is 4.82. The standard InChI is InChI=1S/C12H17N3O3S/c1-8-2-3-10(6-11(8)13)19(17,18)15-5-4-9(7-15)12(14)16/h2-3,6,9H,4-5,7,13H2,1H3,(H2,14,16). The summed E-state index contributed by atoms with van der Waals surface area (Å²) in [5.74, 6) is -0.862. The fraction of sp³-hybridized carbons (Fsp3) is 0.417. The van der Waals surface area contributed by atoms with Crippen LogP contribution in [0.2, 0.25) is 0 Å². The van der Waals surface area contributed by atoms with Crippen molar-refractivity contribution in [2.24, 2.45) is 11.7 Å². The molecular formula is C12H17N3O3S. The number of primary amides is 1. The molecule has 4 N–H and O–H groups in total. The number of carbonyl (C=O) groups excluding carboxylic acids is 1. The van der Waals surface area contributed by atoms with Crippen molar-refractivity contribution < 1.29 is 13.2 Å². The van der Waals surface area contributed by atoms with Gasteiger partial charge in [-0.2, -0.15) is 4.31 Å². The van der Waals surface area contributed by atoms with Gasteiger partial charge in [0.25, 0.3) is 0 Å². The first-order valence-electron chi connectivity index (χ1n) is 5.98. The van der Waals surface area contributed by atoms with Gasteiger partial charge in [-0.3, -0.25) is 4.79 Å². The van der Waals surface area contributed by atoms with Gasteiger partial charge in [0, 0.05) is 18.8 Å². The summed E-state index contributed by atoms with van der Waals surface area (Å²) in [6.45, 7) is 2.26. The molecule has 1 heterocycles. The molecule has 7 heteroatoms. The molecule has 0 saturated carbocycles. The molecule has 1 fully saturated rings. The van der Waals surface area contributed by atoms with Crippen molar-refractivity contribution >= 4 is 21.6 Å². The first-order chi connectivity index (χ1) is 8.82. The molecule has 1 aliphatic rings. The molecule has 104 valence electrons. The molecule has 0 aromatic heterocycles. The number of carbonyl (C=O) groups is 1. The smallest absolute Gasteiger partial charge is 0.243 e. The third kappa shape index (κ3) is 2.57. The zero-order valence-corrected chi connectivity index (χ0v) is 11.5. The third-order valence-electron chi connectivity index (χ3n) is 3.44. The molecule has 2 rings (SSSR count). The second-order valence-electron chi connectivity index (χ2n) is 4.77. The molecule has 1 aromatic rings. The number of nitrogens with two attached hydrogens (primary N) is 2. The van der Waals surface area contributed by atoms with Gasteiger partial charge in [-0.1, -0.05) is 6.07 Å². The van der Waals surface area contributed by atoms with Crippen LogP contribution in [0.15, 0.2) is 23.1 Å². The van der Waals surface area contributed by atoms with E-state index in [1.165, 1.54) is 16.4 Å². The maximum atomic E-state index is 12.4. The van der Waals surface area contributed by atoms with E-state index in [1.54, 1.807) is 6.07 Å². The van der Waals surface area contributed by atoms with Gasteiger partial charge in [-0.15, -0.1) is 0 Å². The summed E-state index contributed by atoms with van der Waals surface area (Å²) in [4.78, 5) is 11.2. The van der Waals surface area contributed by atoms with Crippen molar-refractivity contribution in [1.29, 1.82) is 0 Å². The number of benzene rings is 1. The molecule has 0 spiro atoms. The predicted octanol–water partition coefficient (Wildman–Crippen LogP) is 0.0731. The molecule has 1 unspecified atom stereocenters. The number of hydrogen-bond acceptors (Lipinski definition) is 4. The van der Waals surface area contributed by atoms with E-state index >= 15 is 0 Å². The van der Waals surface area contributed by atoms with E-state index in [0.29, 0.717) is 18.7 Å². The molecule has 19 heavy (non-hydrogen) atoms. The summed E-state index contributed by atoms with van der Waals surface area (Å²) >= 11 is 0. The molecular weight excluding hydrogens is 266 g/mol. The number of amides is 1. The summed E-state index contributed by atoms with van der Waals surface area (Å²) in [5, 5.41) is 0. The van der Waals surface area contributed by atoms with Crippen LogP contribution in [0.25, 0.3) is 0 Å². The molecule has 1 atom stereocenters. The third-order valence-corrected chi connectivity index (χ3v) is 5.30. The largest absolute Gasteiger partial charge is 0.398 e. The predicted molar refractivity (Wildman–Crippen MR) is 71.7 cm³/mol. The fourth-order valence-electron chi connectivity index (χ4n) is 2.11. The lowest BCUT2D eigenvalue weighted by Gasteiger charge is -2.16. The highest BCUT2D eigenvalue weighted by Crippen LogP contribution is 2.26. The summed E-state index contributed by atoms with van der Waals surface area (Å²) in [6, 6.07) is 4.64. The first-order valence-corrected chi connectivity index (χ1v) is 7.42. The number of nitrogen functional groups attached to an aromatic ring is 1. The first kappa shape index (κ1) is 13.8. The Morgan fingerprint density at radius 1 is 1.42 bits per heavy atom. The van der Waals surface area contributed by atoms with Gasteiger partial charge in [0.2, 0.25) is 15.9 Å². The van der Waals surface area contributed by atoms with E-state index in [2.05, 4.69) is 0 Å². The minimum atomic E-state index is -3.60. The fourth-order valence-corrected chi connectivity index (χ4v) is 3.64. The van der Waals surface area contributed by atoms with Crippen molar-refractivity contribution in [2.45, 2.75) is 18.2 Å². The maximum Gasteiger partial charge on any atom is 0.243 e. The highest BCUT2D eigenvalue weighted by atomic mass is 32.2. The van der Waals surface area contributed by atoms with Crippen LogP contribution in [-0.2, 0) is 14.8 Å². The van der Waals surface area contributed by atoms with Gasteiger partial charge in [0.05, 0.1) is 10.8 Å². The van der Waals surface area contributed by atoms with Crippen LogP contribution in [0.1, 0.15) is 12.0 Å². The highest BCUT2D eigenvalue weighted by molar-refractivity contribution is 7.89. The average Bonchev–Trinajstić information content (AvgIpc) is 2.82. The normalized spacial score (nSPS) is 20.6. The number of aryl methyl sites for hydroxylation is 1. The van der Waals surface area contributed by atoms with Gasteiger partial charge in [-0.25, -0.2) is 8.42 Å². The molecule has 1 aromatic carbocycles. The molecule has 6 nitrogen and oxygen atoms in total. The minimum Gasteiger partial charge on any atom is -0.398 e. The Bertz CT molecular complexity index is 613. The molecule has 1 saturated heterocycles. The van der Waals surface area contributed by atoms with E-state index in [-0.39, 0.29) is 11.4 Å². The zero-order valence-electron chi connectivity index (χ0n) is 10.7. The zero-order chi connectivity index (χ0) is 14.2. The minimum absolute atomic E-state index is 0.144. The Balaban J connectivity index is 2.28. The summed E-state index contributed by atoms with van der Waals surface area (Å²) in [5.41, 5.74) is 12.2. The Hall–Kier alpha value is -1.60. The van der Waals surface area contributed by atoms with Crippen molar-refractivity contribution in [2.75, 3.05) is 18.8 Å². The van der Waals surface area contributed by atoms with Gasteiger partial charge in [0.15, 0.2) is 0 Å². The van der Waals surface area contributed by atoms with E-state index in [1.807, 2.05) is 6.92 Å². The summed E-state index contributed by atoms with van der Waals surface area (Å²) in [6.07, 6.45) is 0.468. The lowest BCUT2D eigenvalue weighted by atomic mass is 10.1. The number of nitrogens with zero attached hydrogens (tertiary/aromatic N) is 1. The van der Waals surface area contributed by atoms with Gasteiger partial charge >= 0.3 is 0 Å². The van der Waals surface area contributed by atoms with Crippen molar-refractivity contribution in [3.8, 4) is 0 Å². The van der Waals surface area contributed by atoms with Crippen LogP contribution in [0.4, 0.5) is 5.69 Å². The van der Waals surface area contributed by atoms with Crippen LogP contribution in [0.5, 0.6) is 0 Å². The van der Waals surface area contributed by atoms with E-state index in [0.717, 1.165) is 5.56 Å². The van der Waals surface area contributed by atoms with Crippen LogP contribution in [-0.4, -0.2) is 31.7 Å². The number of rotatable bonds is 3. The maximum absolute atomic E-state index is 12.4. The summed E-state index contributed by atoms with van der Waals surface area (Å²) < 4.78 is 26.1. The SMILES string of the molecule is Cc1ccc(S(=O)(=O)N2CCC(C(N)=O)C2)cc1N. The van der Waals surface area contributed by atoms with E-state index < -0.39 is 21.8 Å². The lowest BCUT2D eigenvalue weighted by molar-refractivity contribution is -0.121. The van der Waals surface area contributed by atoms with Crippen LogP contribution < -0.4 is 11.5 Å². The topological polar surface area (TPSA) is 106 Å². The Labute approximate surface area is 112 Å². The average molecular weight is 283 g/mol. The van der Waals surface area contributed by atoms with Crippen LogP contribution >= 0.6 is 0 Å². The molecule has 1 amide bonds. The Morgan fingerprint density at radius 3 is 2.63 bits per heavy atom. The van der Waals surface area contributed by atoms with Gasteiger partial charge in [0.1, 0.15) is 0 Å². The van der Waals surface area contributed by atoms with E-state index in [9.17, 15) is 13.2 Å². The van der Waals surface area contributed by atoms with E-state index in [4.69, 9.17) is 11.5 Å².